The first-order valence-electron chi connectivity index (χ1n) is 9.62. The van der Waals surface area contributed by atoms with Crippen molar-refractivity contribution in [2.24, 2.45) is 0 Å². The van der Waals surface area contributed by atoms with Crippen LogP contribution >= 0.6 is 0 Å². The molecule has 4 rings (SSSR count). The van der Waals surface area contributed by atoms with Crippen molar-refractivity contribution >= 4 is 32.8 Å². The summed E-state index contributed by atoms with van der Waals surface area (Å²) in [6, 6.07) is 9.07. The first-order valence-corrected chi connectivity index (χ1v) is 11.1. The van der Waals surface area contributed by atoms with Crippen LogP contribution in [0.2, 0.25) is 0 Å². The Balaban J connectivity index is 1.57. The summed E-state index contributed by atoms with van der Waals surface area (Å²) in [5.41, 5.74) is 1.27. The lowest BCUT2D eigenvalue weighted by atomic mass is 10.2. The molecule has 0 aliphatic carbocycles. The van der Waals surface area contributed by atoms with Crippen molar-refractivity contribution in [3.63, 3.8) is 0 Å². The SMILES string of the molecule is O=C(O)[C@H]1CN(c2ccc3ncccc3n2)CCN1S(=O)(=O)c1ccc(OC(F)(F)F)cc1. The summed E-state index contributed by atoms with van der Waals surface area (Å²) in [5, 5.41) is 9.72. The van der Waals surface area contributed by atoms with Gasteiger partial charge in [0.05, 0.1) is 15.9 Å². The molecule has 0 amide bonds. The maximum absolute atomic E-state index is 13.1. The second kappa shape index (κ2) is 8.48. The highest BCUT2D eigenvalue weighted by Gasteiger charge is 2.41. The average Bonchev–Trinajstić information content (AvgIpc) is 2.77. The van der Waals surface area contributed by atoms with E-state index in [1.165, 1.54) is 0 Å². The van der Waals surface area contributed by atoms with Crippen molar-refractivity contribution in [1.29, 1.82) is 0 Å². The van der Waals surface area contributed by atoms with Gasteiger partial charge in [-0.15, -0.1) is 13.2 Å². The van der Waals surface area contributed by atoms with Gasteiger partial charge in [0.25, 0.3) is 0 Å². The van der Waals surface area contributed by atoms with Crippen molar-refractivity contribution in [1.82, 2.24) is 14.3 Å². The number of alkyl halides is 3. The number of hydrogen-bond acceptors (Lipinski definition) is 7. The molecule has 1 aliphatic rings. The average molecular weight is 482 g/mol. The Hall–Kier alpha value is -3.45. The molecular formula is C20H17F3N4O5S. The van der Waals surface area contributed by atoms with Crippen LogP contribution in [0.15, 0.2) is 59.6 Å². The van der Waals surface area contributed by atoms with E-state index in [1.807, 2.05) is 0 Å². The van der Waals surface area contributed by atoms with Gasteiger partial charge in [-0.25, -0.2) is 13.4 Å². The van der Waals surface area contributed by atoms with Gasteiger partial charge in [-0.05, 0) is 48.5 Å². The van der Waals surface area contributed by atoms with Gasteiger partial charge < -0.3 is 14.7 Å². The second-order valence-electron chi connectivity index (χ2n) is 7.15. The van der Waals surface area contributed by atoms with E-state index in [2.05, 4.69) is 14.7 Å². The van der Waals surface area contributed by atoms with Gasteiger partial charge in [0.2, 0.25) is 10.0 Å². The molecule has 0 unspecified atom stereocenters. The van der Waals surface area contributed by atoms with Crippen molar-refractivity contribution in [2.45, 2.75) is 17.3 Å². The van der Waals surface area contributed by atoms with Gasteiger partial charge in [0.1, 0.15) is 17.6 Å². The molecule has 9 nitrogen and oxygen atoms in total. The van der Waals surface area contributed by atoms with Crippen molar-refractivity contribution in [3.8, 4) is 5.75 Å². The van der Waals surface area contributed by atoms with Crippen LogP contribution in [0.4, 0.5) is 19.0 Å². The zero-order chi connectivity index (χ0) is 23.8. The van der Waals surface area contributed by atoms with Gasteiger partial charge in [-0.1, -0.05) is 0 Å². The van der Waals surface area contributed by atoms with Crippen molar-refractivity contribution in [3.05, 3.63) is 54.7 Å². The molecule has 33 heavy (non-hydrogen) atoms. The molecule has 1 atom stereocenters. The summed E-state index contributed by atoms with van der Waals surface area (Å²) in [6.07, 6.45) is -3.30. The lowest BCUT2D eigenvalue weighted by Gasteiger charge is -2.39. The molecule has 2 aromatic heterocycles. The molecule has 0 spiro atoms. The maximum Gasteiger partial charge on any atom is 0.573 e. The largest absolute Gasteiger partial charge is 0.573 e. The van der Waals surface area contributed by atoms with E-state index >= 15 is 0 Å². The third-order valence-electron chi connectivity index (χ3n) is 5.05. The fourth-order valence-electron chi connectivity index (χ4n) is 3.53. The minimum atomic E-state index is -4.92. The highest BCUT2D eigenvalue weighted by Crippen LogP contribution is 2.28. The number of carboxylic acid groups (broad SMARTS) is 1. The Labute approximate surface area is 186 Å². The molecule has 1 aromatic carbocycles. The molecule has 1 aliphatic heterocycles. The zero-order valence-electron chi connectivity index (χ0n) is 16.8. The Morgan fingerprint density at radius 1 is 1.06 bits per heavy atom. The predicted molar refractivity (Wildman–Crippen MR) is 110 cm³/mol. The van der Waals surface area contributed by atoms with E-state index in [-0.39, 0.29) is 24.5 Å². The highest BCUT2D eigenvalue weighted by molar-refractivity contribution is 7.89. The third-order valence-corrected chi connectivity index (χ3v) is 6.97. The fraction of sp³-hybridized carbons (Fsp3) is 0.250. The molecule has 174 valence electrons. The lowest BCUT2D eigenvalue weighted by molar-refractivity contribution is -0.274. The maximum atomic E-state index is 13.1. The molecule has 1 fully saturated rings. The molecule has 1 N–H and O–H groups in total. The molecule has 1 saturated heterocycles. The summed E-state index contributed by atoms with van der Waals surface area (Å²) in [7, 11) is -4.30. The molecule has 3 aromatic rings. The topological polar surface area (TPSA) is 113 Å². The van der Waals surface area contributed by atoms with Gasteiger partial charge in [0, 0.05) is 25.8 Å². The van der Waals surface area contributed by atoms with Gasteiger partial charge in [-0.3, -0.25) is 9.78 Å². The van der Waals surface area contributed by atoms with E-state index in [4.69, 9.17) is 0 Å². The number of piperazine rings is 1. The van der Waals surface area contributed by atoms with Crippen LogP contribution in [-0.4, -0.2) is 65.8 Å². The van der Waals surface area contributed by atoms with E-state index in [0.717, 1.165) is 28.6 Å². The minimum absolute atomic E-state index is 0.160. The summed E-state index contributed by atoms with van der Waals surface area (Å²) >= 11 is 0. The number of anilines is 1. The molecule has 3 heterocycles. The third kappa shape index (κ3) is 4.83. The molecule has 0 saturated carbocycles. The standard InChI is InChI=1S/C20H17F3N4O5S/c21-20(22,23)32-13-3-5-14(6-4-13)33(30,31)27-11-10-26(12-17(27)19(28)29)18-8-7-15-16(25-18)2-1-9-24-15/h1-9,17H,10-12H2,(H,28,29)/t17-/m1/s1. The molecule has 0 bridgehead atoms. The number of fused-ring (bicyclic) bond motifs is 1. The van der Waals surface area contributed by atoms with E-state index in [0.29, 0.717) is 16.9 Å². The summed E-state index contributed by atoms with van der Waals surface area (Å²) in [6.45, 7) is -0.160. The first kappa shape index (κ1) is 22.7. The Morgan fingerprint density at radius 3 is 2.45 bits per heavy atom. The quantitative estimate of drug-likeness (QED) is 0.590. The molecule has 13 heteroatoms. The van der Waals surface area contributed by atoms with Crippen molar-refractivity contribution in [2.75, 3.05) is 24.5 Å². The van der Waals surface area contributed by atoms with Crippen LogP contribution in [0, 0.1) is 0 Å². The molecule has 0 radical (unpaired) electrons. The van der Waals surface area contributed by atoms with Crippen LogP contribution < -0.4 is 9.64 Å². The van der Waals surface area contributed by atoms with E-state index < -0.39 is 34.1 Å². The Morgan fingerprint density at radius 2 is 1.79 bits per heavy atom. The Kier molecular flexibility index (Phi) is 5.84. The Bertz CT molecular complexity index is 1280. The van der Waals surface area contributed by atoms with Gasteiger partial charge in [-0.2, -0.15) is 4.31 Å². The van der Waals surface area contributed by atoms with Gasteiger partial charge in [0.15, 0.2) is 0 Å². The predicted octanol–water partition coefficient (Wildman–Crippen LogP) is 2.49. The number of carboxylic acids is 1. The normalized spacial score (nSPS) is 17.8. The first-order chi connectivity index (χ1) is 15.5. The summed E-state index contributed by atoms with van der Waals surface area (Å²) in [5.74, 6) is -1.46. The summed E-state index contributed by atoms with van der Waals surface area (Å²) in [4.78, 5) is 21.9. The van der Waals surface area contributed by atoms with Crippen LogP contribution in [0.3, 0.4) is 0 Å². The van der Waals surface area contributed by atoms with E-state index in [9.17, 15) is 31.5 Å². The number of hydrogen-bond donors (Lipinski definition) is 1. The smallest absolute Gasteiger partial charge is 0.480 e. The number of aliphatic carboxylic acids is 1. The van der Waals surface area contributed by atoms with Crippen LogP contribution in [0.1, 0.15) is 0 Å². The second-order valence-corrected chi connectivity index (χ2v) is 9.04. The van der Waals surface area contributed by atoms with Crippen LogP contribution in [0.25, 0.3) is 11.0 Å². The lowest BCUT2D eigenvalue weighted by Crippen LogP contribution is -2.58. The number of benzene rings is 1. The van der Waals surface area contributed by atoms with Crippen molar-refractivity contribution < 1.29 is 36.2 Å². The van der Waals surface area contributed by atoms with Crippen LogP contribution in [0.5, 0.6) is 5.75 Å². The monoisotopic (exact) mass is 482 g/mol. The number of pyridine rings is 2. The zero-order valence-corrected chi connectivity index (χ0v) is 17.6. The highest BCUT2D eigenvalue weighted by atomic mass is 32.2. The number of nitrogens with zero attached hydrogens (tertiary/aromatic N) is 4. The van der Waals surface area contributed by atoms with Crippen LogP contribution in [-0.2, 0) is 14.8 Å². The van der Waals surface area contributed by atoms with E-state index in [1.54, 1.807) is 35.4 Å². The number of rotatable bonds is 5. The number of carbonyl (C=O) groups is 1. The number of aromatic nitrogens is 2. The van der Waals surface area contributed by atoms with Gasteiger partial charge >= 0.3 is 12.3 Å². The minimum Gasteiger partial charge on any atom is -0.480 e. The number of sulfonamides is 1. The fourth-order valence-corrected chi connectivity index (χ4v) is 5.10. The number of ether oxygens (including phenoxy) is 1. The molecular weight excluding hydrogens is 465 g/mol. The summed E-state index contributed by atoms with van der Waals surface area (Å²) < 4.78 is 67.7. The number of halogens is 3.